The molecule has 28 heavy (non-hydrogen) atoms. The molecule has 0 aliphatic carbocycles. The Hall–Kier alpha value is -3.23. The summed E-state index contributed by atoms with van der Waals surface area (Å²) >= 11 is 0. The number of hydrazone groups is 2. The molecule has 2 atom stereocenters. The molecule has 0 radical (unpaired) electrons. The Bertz CT molecular complexity index is 876. The van der Waals surface area contributed by atoms with Crippen LogP contribution in [0.4, 0.5) is 22.4 Å². The van der Waals surface area contributed by atoms with Gasteiger partial charge in [-0.25, -0.2) is 32.4 Å². The number of hydrogen-bond donors (Lipinski definition) is 0. The molecule has 0 N–H and O–H groups in total. The third-order valence-corrected chi connectivity index (χ3v) is 4.59. The Morgan fingerprint density at radius 2 is 1.07 bits per heavy atom. The van der Waals surface area contributed by atoms with Crippen LogP contribution in [-0.4, -0.2) is 28.5 Å². The Morgan fingerprint density at radius 1 is 0.714 bits per heavy atom. The van der Waals surface area contributed by atoms with E-state index in [1.165, 1.54) is 12.4 Å². The van der Waals surface area contributed by atoms with E-state index in [-0.39, 0.29) is 24.0 Å². The van der Waals surface area contributed by atoms with Crippen molar-refractivity contribution in [3.63, 3.8) is 0 Å². The summed E-state index contributed by atoms with van der Waals surface area (Å²) in [7, 11) is 0. The number of hydrogen-bond acceptors (Lipinski definition) is 3. The highest BCUT2D eigenvalue weighted by molar-refractivity contribution is 5.81. The lowest BCUT2D eigenvalue weighted by atomic mass is 10.0. The molecule has 2 aliphatic heterocycles. The van der Waals surface area contributed by atoms with E-state index in [0.717, 1.165) is 46.4 Å². The van der Waals surface area contributed by atoms with E-state index in [4.69, 9.17) is 0 Å². The molecule has 2 aliphatic rings. The number of benzene rings is 2. The second-order valence-electron chi connectivity index (χ2n) is 6.48. The third kappa shape index (κ3) is 3.35. The summed E-state index contributed by atoms with van der Waals surface area (Å²) in [6.45, 7) is 0. The molecule has 2 heterocycles. The second-order valence-corrected chi connectivity index (χ2v) is 6.48. The lowest BCUT2D eigenvalue weighted by Crippen LogP contribution is -2.38. The van der Waals surface area contributed by atoms with Gasteiger partial charge in [0.1, 0.15) is 23.3 Å². The van der Waals surface area contributed by atoms with Crippen molar-refractivity contribution in [3.05, 3.63) is 70.8 Å². The molecule has 0 spiro atoms. The smallest absolute Gasteiger partial charge is 0.244 e. The van der Waals surface area contributed by atoms with Gasteiger partial charge in [0.15, 0.2) is 0 Å². The fourth-order valence-electron chi connectivity index (χ4n) is 3.39. The number of halogens is 4. The first-order valence-electron chi connectivity index (χ1n) is 8.51. The Balaban J connectivity index is 1.62. The van der Waals surface area contributed by atoms with Crippen LogP contribution in [0.15, 0.2) is 46.6 Å². The van der Waals surface area contributed by atoms with Crippen LogP contribution in [-0.2, 0) is 0 Å². The van der Waals surface area contributed by atoms with Crippen LogP contribution in [0, 0.1) is 23.3 Å². The normalized spacial score (nSPS) is 21.0. The minimum Gasteiger partial charge on any atom is -0.244 e. The van der Waals surface area contributed by atoms with Crippen molar-refractivity contribution in [3.8, 4) is 0 Å². The van der Waals surface area contributed by atoms with Crippen LogP contribution in [0.3, 0.4) is 0 Å². The maximum atomic E-state index is 13.6. The lowest BCUT2D eigenvalue weighted by molar-refractivity contribution is 0.131. The quantitative estimate of drug-likeness (QED) is 0.695. The summed E-state index contributed by atoms with van der Waals surface area (Å²) in [4.78, 5) is 13.0. The van der Waals surface area contributed by atoms with Crippen molar-refractivity contribution in [2.45, 2.75) is 24.9 Å². The van der Waals surface area contributed by atoms with Crippen LogP contribution >= 0.6 is 0 Å². The Morgan fingerprint density at radius 3 is 1.43 bits per heavy atom. The van der Waals surface area contributed by atoms with Gasteiger partial charge in [-0.2, -0.15) is 10.2 Å². The first-order chi connectivity index (χ1) is 13.4. The number of carbonyl (C=O) groups excluding carboxylic acids is 1. The molecule has 9 heteroatoms. The van der Waals surface area contributed by atoms with Gasteiger partial charge in [-0.05, 0) is 35.4 Å². The highest BCUT2D eigenvalue weighted by atomic mass is 19.1. The lowest BCUT2D eigenvalue weighted by Gasteiger charge is -2.29. The number of amides is 2. The van der Waals surface area contributed by atoms with E-state index >= 15 is 0 Å². The molecule has 5 nitrogen and oxygen atoms in total. The van der Waals surface area contributed by atoms with Crippen LogP contribution in [0.5, 0.6) is 0 Å². The van der Waals surface area contributed by atoms with Crippen molar-refractivity contribution in [1.29, 1.82) is 0 Å². The van der Waals surface area contributed by atoms with Crippen LogP contribution < -0.4 is 0 Å². The SMILES string of the molecule is O=C(N1N=CCC1c1cc(F)cc(F)c1)N1N=CCC1c1cc(F)cc(F)c1. The fraction of sp³-hybridized carbons (Fsp3) is 0.211. The molecule has 0 saturated carbocycles. The van der Waals surface area contributed by atoms with Crippen molar-refractivity contribution < 1.29 is 22.4 Å². The van der Waals surface area contributed by atoms with E-state index < -0.39 is 41.4 Å². The maximum Gasteiger partial charge on any atom is 0.361 e. The summed E-state index contributed by atoms with van der Waals surface area (Å²) < 4.78 is 54.3. The number of urea groups is 1. The summed E-state index contributed by atoms with van der Waals surface area (Å²) in [5, 5.41) is 10.2. The maximum absolute atomic E-state index is 13.6. The van der Waals surface area contributed by atoms with E-state index in [9.17, 15) is 22.4 Å². The average molecular weight is 390 g/mol. The third-order valence-electron chi connectivity index (χ3n) is 4.59. The number of carbonyl (C=O) groups is 1. The van der Waals surface area contributed by atoms with Crippen molar-refractivity contribution >= 4 is 18.5 Å². The van der Waals surface area contributed by atoms with Gasteiger partial charge in [0.25, 0.3) is 0 Å². The monoisotopic (exact) mass is 390 g/mol. The van der Waals surface area contributed by atoms with E-state index in [1.807, 2.05) is 0 Å². The van der Waals surface area contributed by atoms with Crippen molar-refractivity contribution in [2.75, 3.05) is 0 Å². The number of nitrogens with zero attached hydrogens (tertiary/aromatic N) is 4. The first kappa shape index (κ1) is 18.1. The van der Waals surface area contributed by atoms with E-state index in [1.54, 1.807) is 0 Å². The summed E-state index contributed by atoms with van der Waals surface area (Å²) in [6.07, 6.45) is 3.46. The minimum atomic E-state index is -0.762. The molecule has 144 valence electrons. The molecule has 2 unspecified atom stereocenters. The average Bonchev–Trinajstić information content (AvgIpc) is 3.29. The molecule has 0 bridgehead atoms. The molecule has 0 saturated heterocycles. The molecule has 0 aromatic heterocycles. The molecule has 2 aromatic carbocycles. The summed E-state index contributed by atoms with van der Waals surface area (Å²) in [5.74, 6) is -3.05. The topological polar surface area (TPSA) is 48.3 Å². The van der Waals surface area contributed by atoms with Gasteiger partial charge < -0.3 is 0 Å². The van der Waals surface area contributed by atoms with Gasteiger partial charge in [-0.15, -0.1) is 0 Å². The first-order valence-corrected chi connectivity index (χ1v) is 8.51. The molecule has 2 aromatic rings. The van der Waals surface area contributed by atoms with Gasteiger partial charge in [0, 0.05) is 37.4 Å². The van der Waals surface area contributed by atoms with Crippen LogP contribution in [0.1, 0.15) is 36.1 Å². The fourth-order valence-corrected chi connectivity index (χ4v) is 3.39. The van der Waals surface area contributed by atoms with Crippen LogP contribution in [0.2, 0.25) is 0 Å². The predicted molar refractivity (Wildman–Crippen MR) is 93.5 cm³/mol. The molecular weight excluding hydrogens is 376 g/mol. The molecule has 4 rings (SSSR count). The van der Waals surface area contributed by atoms with Gasteiger partial charge in [-0.3, -0.25) is 0 Å². The highest BCUT2D eigenvalue weighted by Gasteiger charge is 2.37. The van der Waals surface area contributed by atoms with E-state index in [2.05, 4.69) is 10.2 Å². The zero-order valence-corrected chi connectivity index (χ0v) is 14.4. The van der Waals surface area contributed by atoms with Gasteiger partial charge in [0.05, 0.1) is 12.1 Å². The van der Waals surface area contributed by atoms with Gasteiger partial charge >= 0.3 is 6.03 Å². The predicted octanol–water partition coefficient (Wildman–Crippen LogP) is 4.53. The van der Waals surface area contributed by atoms with Crippen molar-refractivity contribution in [2.24, 2.45) is 10.2 Å². The van der Waals surface area contributed by atoms with Crippen LogP contribution in [0.25, 0.3) is 0 Å². The molecular formula is C19H14F4N4O. The Kier molecular flexibility index (Phi) is 4.58. The zero-order chi connectivity index (χ0) is 19.8. The second kappa shape index (κ2) is 7.06. The largest absolute Gasteiger partial charge is 0.361 e. The summed E-state index contributed by atoms with van der Waals surface area (Å²) in [5.41, 5.74) is 0.500. The highest BCUT2D eigenvalue weighted by Crippen LogP contribution is 2.35. The zero-order valence-electron chi connectivity index (χ0n) is 14.4. The summed E-state index contributed by atoms with van der Waals surface area (Å²) in [6, 6.07) is 3.94. The minimum absolute atomic E-state index is 0.250. The van der Waals surface area contributed by atoms with Gasteiger partial charge in [-0.1, -0.05) is 0 Å². The number of rotatable bonds is 2. The molecule has 2 amide bonds. The van der Waals surface area contributed by atoms with Crippen molar-refractivity contribution in [1.82, 2.24) is 10.0 Å². The van der Waals surface area contributed by atoms with Gasteiger partial charge in [0.2, 0.25) is 0 Å². The van der Waals surface area contributed by atoms with E-state index in [0.29, 0.717) is 0 Å². The standard InChI is InChI=1S/C19H14F4N4O/c20-13-5-11(6-14(21)9-13)17-1-3-24-26(17)19(28)27-18(2-4-25-27)12-7-15(22)10-16(23)8-12/h3-10,17-18H,1-2H2. The molecule has 0 fully saturated rings. The Labute approximate surface area is 157 Å².